The molecule has 3 nitrogen and oxygen atoms in total. The van der Waals surface area contributed by atoms with E-state index in [4.69, 9.17) is 21.1 Å². The van der Waals surface area contributed by atoms with E-state index >= 15 is 0 Å². The van der Waals surface area contributed by atoms with Crippen LogP contribution in [0.25, 0.3) is 0 Å². The van der Waals surface area contributed by atoms with Gasteiger partial charge in [0.05, 0.1) is 19.8 Å². The van der Waals surface area contributed by atoms with Crippen LogP contribution in [0.15, 0.2) is 12.1 Å². The molecule has 0 bridgehead atoms. The number of hydrogen-bond acceptors (Lipinski definition) is 3. The largest absolute Gasteiger partial charge is 0.493 e. The quantitative estimate of drug-likeness (QED) is 0.859. The Morgan fingerprint density at radius 1 is 1.28 bits per heavy atom. The highest BCUT2D eigenvalue weighted by molar-refractivity contribution is 6.30. The fourth-order valence-corrected chi connectivity index (χ4v) is 2.17. The highest BCUT2D eigenvalue weighted by Crippen LogP contribution is 2.35. The minimum Gasteiger partial charge on any atom is -0.493 e. The predicted octanol–water partition coefficient (Wildman–Crippen LogP) is 3.65. The van der Waals surface area contributed by atoms with Gasteiger partial charge in [-0.25, -0.2) is 0 Å². The second-order valence-electron chi connectivity index (χ2n) is 4.81. The SMILES string of the molecule is COc1cc(Cl)cc(CO)c1OC(C)CC(C)C. The zero-order valence-corrected chi connectivity index (χ0v) is 12.1. The first-order valence-electron chi connectivity index (χ1n) is 6.11. The molecule has 102 valence electrons. The molecule has 0 spiro atoms. The second kappa shape index (κ2) is 6.86. The molecule has 0 saturated carbocycles. The van der Waals surface area contributed by atoms with Crippen LogP contribution >= 0.6 is 11.6 Å². The number of ether oxygens (including phenoxy) is 2. The van der Waals surface area contributed by atoms with E-state index in [1.54, 1.807) is 19.2 Å². The fourth-order valence-electron chi connectivity index (χ4n) is 1.94. The number of methoxy groups -OCH3 is 1. The molecule has 0 aliphatic carbocycles. The topological polar surface area (TPSA) is 38.7 Å². The molecule has 1 aromatic rings. The van der Waals surface area contributed by atoms with Crippen molar-refractivity contribution in [2.75, 3.05) is 7.11 Å². The van der Waals surface area contributed by atoms with Crippen LogP contribution in [0.5, 0.6) is 11.5 Å². The molecule has 0 fully saturated rings. The van der Waals surface area contributed by atoms with Crippen molar-refractivity contribution >= 4 is 11.6 Å². The number of benzene rings is 1. The number of aliphatic hydroxyl groups excluding tert-OH is 1. The molecule has 0 aliphatic heterocycles. The van der Waals surface area contributed by atoms with Crippen LogP contribution in [0.4, 0.5) is 0 Å². The number of hydrogen-bond donors (Lipinski definition) is 1. The average molecular weight is 273 g/mol. The maximum Gasteiger partial charge on any atom is 0.167 e. The van der Waals surface area contributed by atoms with E-state index in [9.17, 15) is 5.11 Å². The van der Waals surface area contributed by atoms with Gasteiger partial charge >= 0.3 is 0 Å². The first-order chi connectivity index (χ1) is 8.47. The molecule has 0 saturated heterocycles. The molecule has 0 radical (unpaired) electrons. The lowest BCUT2D eigenvalue weighted by Crippen LogP contribution is -2.16. The summed E-state index contributed by atoms with van der Waals surface area (Å²) in [6.07, 6.45) is 1.00. The third-order valence-corrected chi connectivity index (χ3v) is 2.83. The molecule has 0 aromatic heterocycles. The smallest absolute Gasteiger partial charge is 0.167 e. The van der Waals surface area contributed by atoms with Gasteiger partial charge in [0.25, 0.3) is 0 Å². The van der Waals surface area contributed by atoms with Crippen molar-refractivity contribution in [1.29, 1.82) is 0 Å². The van der Waals surface area contributed by atoms with Gasteiger partial charge in [-0.05, 0) is 25.3 Å². The fraction of sp³-hybridized carbons (Fsp3) is 0.571. The zero-order valence-electron chi connectivity index (χ0n) is 11.4. The van der Waals surface area contributed by atoms with Crippen molar-refractivity contribution in [2.45, 2.75) is 39.9 Å². The van der Waals surface area contributed by atoms with Crippen molar-refractivity contribution in [3.8, 4) is 11.5 Å². The van der Waals surface area contributed by atoms with Gasteiger partial charge in [0.15, 0.2) is 11.5 Å². The van der Waals surface area contributed by atoms with Gasteiger partial charge in [-0.2, -0.15) is 0 Å². The van der Waals surface area contributed by atoms with E-state index in [0.29, 0.717) is 28.0 Å². The van der Waals surface area contributed by atoms with Crippen molar-refractivity contribution in [2.24, 2.45) is 5.92 Å². The summed E-state index contributed by atoms with van der Waals surface area (Å²) in [4.78, 5) is 0. The Morgan fingerprint density at radius 2 is 1.94 bits per heavy atom. The minimum absolute atomic E-state index is 0.0605. The van der Waals surface area contributed by atoms with E-state index in [0.717, 1.165) is 6.42 Å². The maximum atomic E-state index is 9.36. The summed E-state index contributed by atoms with van der Waals surface area (Å²) >= 11 is 5.95. The van der Waals surface area contributed by atoms with Crippen molar-refractivity contribution in [3.05, 3.63) is 22.7 Å². The molecule has 1 N–H and O–H groups in total. The van der Waals surface area contributed by atoms with Gasteiger partial charge in [0, 0.05) is 16.7 Å². The molecule has 1 aromatic carbocycles. The standard InChI is InChI=1S/C14H21ClO3/c1-9(2)5-10(3)18-14-11(8-16)6-12(15)7-13(14)17-4/h6-7,9-10,16H,5,8H2,1-4H3. The summed E-state index contributed by atoms with van der Waals surface area (Å²) in [6, 6.07) is 3.39. The van der Waals surface area contributed by atoms with E-state index < -0.39 is 0 Å². The number of aliphatic hydroxyl groups is 1. The minimum atomic E-state index is -0.124. The zero-order chi connectivity index (χ0) is 13.7. The molecular weight excluding hydrogens is 252 g/mol. The summed E-state index contributed by atoms with van der Waals surface area (Å²) < 4.78 is 11.1. The van der Waals surface area contributed by atoms with Gasteiger partial charge in [-0.1, -0.05) is 25.4 Å². The highest BCUT2D eigenvalue weighted by Gasteiger charge is 2.16. The Hall–Kier alpha value is -0.930. The Bertz CT molecular complexity index is 366. The highest BCUT2D eigenvalue weighted by atomic mass is 35.5. The van der Waals surface area contributed by atoms with E-state index in [-0.39, 0.29) is 12.7 Å². The Morgan fingerprint density at radius 3 is 2.44 bits per heavy atom. The third-order valence-electron chi connectivity index (χ3n) is 2.61. The molecule has 0 aliphatic rings. The molecule has 4 heteroatoms. The summed E-state index contributed by atoms with van der Waals surface area (Å²) in [7, 11) is 1.56. The van der Waals surface area contributed by atoms with Gasteiger partial charge in [-0.3, -0.25) is 0 Å². The lowest BCUT2D eigenvalue weighted by molar-refractivity contribution is 0.178. The van der Waals surface area contributed by atoms with E-state index in [1.807, 2.05) is 6.92 Å². The van der Waals surface area contributed by atoms with Crippen LogP contribution in [-0.4, -0.2) is 18.3 Å². The predicted molar refractivity (Wildman–Crippen MR) is 73.5 cm³/mol. The first-order valence-corrected chi connectivity index (χ1v) is 6.49. The molecule has 18 heavy (non-hydrogen) atoms. The van der Waals surface area contributed by atoms with Gasteiger partial charge < -0.3 is 14.6 Å². The molecule has 0 amide bonds. The maximum absolute atomic E-state index is 9.36. The monoisotopic (exact) mass is 272 g/mol. The number of halogens is 1. The second-order valence-corrected chi connectivity index (χ2v) is 5.25. The lowest BCUT2D eigenvalue weighted by Gasteiger charge is -2.20. The van der Waals surface area contributed by atoms with Crippen LogP contribution in [0.1, 0.15) is 32.8 Å². The molecular formula is C14H21ClO3. The molecule has 1 unspecified atom stereocenters. The van der Waals surface area contributed by atoms with Gasteiger partial charge in [0.2, 0.25) is 0 Å². The van der Waals surface area contributed by atoms with Crippen molar-refractivity contribution in [1.82, 2.24) is 0 Å². The average Bonchev–Trinajstić information content (AvgIpc) is 2.29. The summed E-state index contributed by atoms with van der Waals surface area (Å²) in [5, 5.41) is 9.89. The molecule has 0 heterocycles. The summed E-state index contributed by atoms with van der Waals surface area (Å²) in [6.45, 7) is 6.17. The van der Waals surface area contributed by atoms with E-state index in [2.05, 4.69) is 13.8 Å². The van der Waals surface area contributed by atoms with Crippen LogP contribution in [0.2, 0.25) is 5.02 Å². The normalized spacial score (nSPS) is 12.6. The van der Waals surface area contributed by atoms with Crippen LogP contribution < -0.4 is 9.47 Å². The van der Waals surface area contributed by atoms with E-state index in [1.165, 1.54) is 0 Å². The Labute approximate surface area is 114 Å². The first kappa shape index (κ1) is 15.1. The van der Waals surface area contributed by atoms with Gasteiger partial charge in [0.1, 0.15) is 0 Å². The van der Waals surface area contributed by atoms with Crippen LogP contribution in [0.3, 0.4) is 0 Å². The van der Waals surface area contributed by atoms with Gasteiger partial charge in [-0.15, -0.1) is 0 Å². The molecule has 1 rings (SSSR count). The van der Waals surface area contributed by atoms with Crippen molar-refractivity contribution < 1.29 is 14.6 Å². The van der Waals surface area contributed by atoms with Crippen molar-refractivity contribution in [3.63, 3.8) is 0 Å². The van der Waals surface area contributed by atoms with Crippen LogP contribution in [-0.2, 0) is 6.61 Å². The summed E-state index contributed by atoms with van der Waals surface area (Å²) in [5.41, 5.74) is 0.648. The Kier molecular flexibility index (Phi) is 5.76. The van der Waals surface area contributed by atoms with Crippen LogP contribution in [0, 0.1) is 5.92 Å². The summed E-state index contributed by atoms with van der Waals surface area (Å²) in [5.74, 6) is 1.69. The third kappa shape index (κ3) is 4.07. The lowest BCUT2D eigenvalue weighted by atomic mass is 10.1. The molecule has 1 atom stereocenters. The number of rotatable bonds is 6. The Balaban J connectivity index is 2.98.